The summed E-state index contributed by atoms with van der Waals surface area (Å²) in [7, 11) is 0. The third-order valence-electron chi connectivity index (χ3n) is 5.00. The average molecular weight is 392 g/mol. The molecule has 1 heterocycles. The van der Waals surface area contributed by atoms with Crippen molar-refractivity contribution in [3.63, 3.8) is 0 Å². The minimum atomic E-state index is -0.231. The first-order valence-corrected chi connectivity index (χ1v) is 10.2. The number of anilines is 1. The van der Waals surface area contributed by atoms with E-state index in [0.29, 0.717) is 17.9 Å². The number of hydrogen-bond acceptors (Lipinski definition) is 3. The maximum Gasteiger partial charge on any atom is 0.254 e. The van der Waals surface area contributed by atoms with E-state index in [1.807, 2.05) is 54.3 Å². The van der Waals surface area contributed by atoms with Crippen molar-refractivity contribution in [1.29, 1.82) is 0 Å². The highest BCUT2D eigenvalue weighted by atomic mass is 16.5. The lowest BCUT2D eigenvalue weighted by atomic mass is 10.1. The van der Waals surface area contributed by atoms with E-state index in [1.165, 1.54) is 6.08 Å². The molecule has 1 N–H and O–H groups in total. The van der Waals surface area contributed by atoms with E-state index >= 15 is 0 Å². The van der Waals surface area contributed by atoms with E-state index in [0.717, 1.165) is 49.2 Å². The molecule has 3 rings (SSSR count). The number of carbonyl (C=O) groups is 2. The van der Waals surface area contributed by atoms with Crippen molar-refractivity contribution < 1.29 is 14.3 Å². The van der Waals surface area contributed by atoms with Crippen LogP contribution in [0.3, 0.4) is 0 Å². The third kappa shape index (κ3) is 5.47. The normalized spacial score (nSPS) is 13.7. The summed E-state index contributed by atoms with van der Waals surface area (Å²) in [6.45, 7) is 6.24. The Hall–Kier alpha value is -3.08. The molecule has 1 fully saturated rings. The molecule has 1 aliphatic rings. The molecule has 152 valence electrons. The second kappa shape index (κ2) is 9.92. The maximum absolute atomic E-state index is 12.7. The van der Waals surface area contributed by atoms with E-state index in [9.17, 15) is 9.59 Å². The predicted octanol–water partition coefficient (Wildman–Crippen LogP) is 4.67. The molecule has 1 aliphatic heterocycles. The van der Waals surface area contributed by atoms with Gasteiger partial charge in [0, 0.05) is 30.4 Å². The van der Waals surface area contributed by atoms with Crippen LogP contribution >= 0.6 is 0 Å². The number of nitrogens with zero attached hydrogens (tertiary/aromatic N) is 1. The van der Waals surface area contributed by atoms with Crippen LogP contribution in [0.15, 0.2) is 48.5 Å². The molecule has 0 spiro atoms. The summed E-state index contributed by atoms with van der Waals surface area (Å²) in [6, 6.07) is 13.1. The van der Waals surface area contributed by atoms with Gasteiger partial charge in [-0.1, -0.05) is 25.1 Å². The van der Waals surface area contributed by atoms with Gasteiger partial charge in [-0.15, -0.1) is 0 Å². The van der Waals surface area contributed by atoms with Gasteiger partial charge in [-0.25, -0.2) is 0 Å². The van der Waals surface area contributed by atoms with Crippen LogP contribution in [0.4, 0.5) is 5.69 Å². The molecule has 2 aromatic carbocycles. The van der Waals surface area contributed by atoms with Crippen molar-refractivity contribution in [3.8, 4) is 5.75 Å². The van der Waals surface area contributed by atoms with Gasteiger partial charge in [0.05, 0.1) is 6.61 Å². The minimum absolute atomic E-state index is 0.0389. The van der Waals surface area contributed by atoms with Crippen LogP contribution in [0.2, 0.25) is 0 Å². The summed E-state index contributed by atoms with van der Waals surface area (Å²) in [5.41, 5.74) is 3.02. The summed E-state index contributed by atoms with van der Waals surface area (Å²) in [5, 5.41) is 2.88. The summed E-state index contributed by atoms with van der Waals surface area (Å²) >= 11 is 0. The first-order valence-electron chi connectivity index (χ1n) is 10.2. The number of rotatable bonds is 7. The van der Waals surface area contributed by atoms with Crippen LogP contribution < -0.4 is 10.1 Å². The van der Waals surface area contributed by atoms with Crippen molar-refractivity contribution in [2.24, 2.45) is 0 Å². The molecule has 0 aromatic heterocycles. The molecule has 2 amide bonds. The molecule has 5 heteroatoms. The number of hydrogen-bond donors (Lipinski definition) is 1. The van der Waals surface area contributed by atoms with Gasteiger partial charge in [-0.05, 0) is 67.7 Å². The summed E-state index contributed by atoms with van der Waals surface area (Å²) in [4.78, 5) is 26.9. The average Bonchev–Trinajstić information content (AvgIpc) is 3.27. The zero-order chi connectivity index (χ0) is 20.6. The Morgan fingerprint density at radius 2 is 1.83 bits per heavy atom. The lowest BCUT2D eigenvalue weighted by Gasteiger charge is -2.18. The number of benzene rings is 2. The lowest BCUT2D eigenvalue weighted by Crippen LogP contribution is -2.28. The van der Waals surface area contributed by atoms with Gasteiger partial charge in [0.2, 0.25) is 5.91 Å². The topological polar surface area (TPSA) is 58.6 Å². The Kier molecular flexibility index (Phi) is 7.06. The fourth-order valence-corrected chi connectivity index (χ4v) is 3.33. The third-order valence-corrected chi connectivity index (χ3v) is 5.00. The molecule has 1 saturated heterocycles. The number of ether oxygens (including phenoxy) is 1. The van der Waals surface area contributed by atoms with Crippen molar-refractivity contribution in [3.05, 3.63) is 65.2 Å². The Bertz CT molecular complexity index is 881. The second-order valence-corrected chi connectivity index (χ2v) is 7.22. The zero-order valence-electron chi connectivity index (χ0n) is 17.1. The van der Waals surface area contributed by atoms with Crippen LogP contribution in [-0.2, 0) is 4.79 Å². The molecule has 29 heavy (non-hydrogen) atoms. The van der Waals surface area contributed by atoms with Crippen LogP contribution in [0.1, 0.15) is 47.7 Å². The van der Waals surface area contributed by atoms with Gasteiger partial charge in [0.1, 0.15) is 5.75 Å². The van der Waals surface area contributed by atoms with Crippen molar-refractivity contribution in [2.75, 3.05) is 25.0 Å². The molecular weight excluding hydrogens is 364 g/mol. The van der Waals surface area contributed by atoms with Crippen molar-refractivity contribution >= 4 is 23.6 Å². The monoisotopic (exact) mass is 392 g/mol. The Balaban J connectivity index is 1.63. The Labute approximate surface area is 172 Å². The largest absolute Gasteiger partial charge is 0.494 e. The van der Waals surface area contributed by atoms with Crippen molar-refractivity contribution in [2.45, 2.75) is 33.1 Å². The zero-order valence-corrected chi connectivity index (χ0v) is 17.1. The second-order valence-electron chi connectivity index (χ2n) is 7.22. The van der Waals surface area contributed by atoms with Gasteiger partial charge in [0.15, 0.2) is 0 Å². The Morgan fingerprint density at radius 3 is 2.52 bits per heavy atom. The van der Waals surface area contributed by atoms with Crippen LogP contribution in [-0.4, -0.2) is 36.4 Å². The number of nitrogens with one attached hydrogen (secondary N) is 1. The number of amides is 2. The molecule has 0 unspecified atom stereocenters. The molecule has 0 atom stereocenters. The number of carbonyl (C=O) groups excluding carboxylic acids is 2. The van der Waals surface area contributed by atoms with Crippen LogP contribution in [0.5, 0.6) is 5.75 Å². The standard InChI is InChI=1S/C24H28N2O3/c1-3-17-29-20-12-9-19(10-13-20)11-14-23(27)25-22-8-6-7-21(18(22)2)24(28)26-15-4-5-16-26/h6-14H,3-5,15-17H2,1-2H3,(H,25,27)/b14-11+. The highest BCUT2D eigenvalue weighted by Gasteiger charge is 2.21. The summed E-state index contributed by atoms with van der Waals surface area (Å²) in [6.07, 6.45) is 6.32. The summed E-state index contributed by atoms with van der Waals surface area (Å²) < 4.78 is 5.56. The fourth-order valence-electron chi connectivity index (χ4n) is 3.33. The lowest BCUT2D eigenvalue weighted by molar-refractivity contribution is -0.111. The molecule has 0 radical (unpaired) electrons. The van der Waals surface area contributed by atoms with Crippen molar-refractivity contribution in [1.82, 2.24) is 4.90 Å². The van der Waals surface area contributed by atoms with Gasteiger partial charge in [-0.3, -0.25) is 9.59 Å². The smallest absolute Gasteiger partial charge is 0.254 e. The quantitative estimate of drug-likeness (QED) is 0.697. The number of likely N-dealkylation sites (tertiary alicyclic amines) is 1. The highest BCUT2D eigenvalue weighted by Crippen LogP contribution is 2.22. The van der Waals surface area contributed by atoms with Crippen LogP contribution in [0.25, 0.3) is 6.08 Å². The first kappa shape index (κ1) is 20.6. The van der Waals surface area contributed by atoms with E-state index in [-0.39, 0.29) is 11.8 Å². The van der Waals surface area contributed by atoms with Gasteiger partial charge in [0.25, 0.3) is 5.91 Å². The Morgan fingerprint density at radius 1 is 1.10 bits per heavy atom. The molecule has 5 nitrogen and oxygen atoms in total. The van der Waals surface area contributed by atoms with Gasteiger partial charge >= 0.3 is 0 Å². The molecule has 2 aromatic rings. The predicted molar refractivity (Wildman–Crippen MR) is 116 cm³/mol. The maximum atomic E-state index is 12.7. The fraction of sp³-hybridized carbons (Fsp3) is 0.333. The minimum Gasteiger partial charge on any atom is -0.494 e. The van der Waals surface area contributed by atoms with E-state index in [1.54, 1.807) is 6.08 Å². The van der Waals surface area contributed by atoms with E-state index in [4.69, 9.17) is 4.74 Å². The molecule has 0 bridgehead atoms. The SMILES string of the molecule is CCCOc1ccc(/C=C/C(=O)Nc2cccc(C(=O)N3CCCC3)c2C)cc1. The van der Waals surface area contributed by atoms with Crippen LogP contribution in [0, 0.1) is 6.92 Å². The summed E-state index contributed by atoms with van der Waals surface area (Å²) in [5.74, 6) is 0.630. The molecule has 0 aliphatic carbocycles. The van der Waals surface area contributed by atoms with Gasteiger partial charge in [-0.2, -0.15) is 0 Å². The van der Waals surface area contributed by atoms with E-state index in [2.05, 4.69) is 12.2 Å². The highest BCUT2D eigenvalue weighted by molar-refractivity contribution is 6.04. The molecule has 0 saturated carbocycles. The van der Waals surface area contributed by atoms with E-state index < -0.39 is 0 Å². The van der Waals surface area contributed by atoms with Gasteiger partial charge < -0.3 is 15.0 Å². The first-order chi connectivity index (χ1) is 14.1. The molecular formula is C24H28N2O3.